The Kier molecular flexibility index (Phi) is 5.47. The number of hydrogen-bond acceptors (Lipinski definition) is 4. The fourth-order valence-corrected chi connectivity index (χ4v) is 3.93. The summed E-state index contributed by atoms with van der Waals surface area (Å²) in [5, 5.41) is 0.464. The zero-order valence-corrected chi connectivity index (χ0v) is 12.5. The lowest BCUT2D eigenvalue weighted by molar-refractivity contribution is 0.213. The third kappa shape index (κ3) is 3.61. The van der Waals surface area contributed by atoms with Crippen LogP contribution in [0, 0.1) is 5.82 Å². The third-order valence-corrected chi connectivity index (χ3v) is 5.01. The highest BCUT2D eigenvalue weighted by Gasteiger charge is 2.28. The van der Waals surface area contributed by atoms with E-state index in [1.807, 2.05) is 11.8 Å². The van der Waals surface area contributed by atoms with Crippen molar-refractivity contribution < 1.29 is 4.39 Å². The van der Waals surface area contributed by atoms with Gasteiger partial charge in [-0.05, 0) is 25.6 Å². The molecular weight excluding hydrogens is 285 g/mol. The lowest BCUT2D eigenvalue weighted by Crippen LogP contribution is -2.55. The van der Waals surface area contributed by atoms with Crippen molar-refractivity contribution in [3.05, 3.63) is 34.6 Å². The number of thioether (sulfide) groups is 1. The standard InChI is InChI=1S/C13H19ClFN3S/c1-18-5-6-19-8-13(18)12(17-16)7-9-10(14)3-2-4-11(9)15/h2-4,12-13,17H,5-8,16H2,1H3. The van der Waals surface area contributed by atoms with E-state index >= 15 is 0 Å². The van der Waals surface area contributed by atoms with Crippen LogP contribution in [0.3, 0.4) is 0 Å². The molecule has 19 heavy (non-hydrogen) atoms. The van der Waals surface area contributed by atoms with E-state index in [4.69, 9.17) is 17.4 Å². The summed E-state index contributed by atoms with van der Waals surface area (Å²) >= 11 is 7.98. The van der Waals surface area contributed by atoms with Crippen LogP contribution in [0.5, 0.6) is 0 Å². The molecule has 1 aromatic carbocycles. The molecule has 106 valence electrons. The van der Waals surface area contributed by atoms with Gasteiger partial charge in [0, 0.05) is 40.7 Å². The van der Waals surface area contributed by atoms with Crippen LogP contribution in [0.15, 0.2) is 18.2 Å². The Labute approximate surface area is 122 Å². The zero-order chi connectivity index (χ0) is 13.8. The smallest absolute Gasteiger partial charge is 0.127 e. The number of halogens is 2. The van der Waals surface area contributed by atoms with Gasteiger partial charge in [0.1, 0.15) is 5.82 Å². The number of hydrogen-bond donors (Lipinski definition) is 2. The van der Waals surface area contributed by atoms with E-state index in [0.717, 1.165) is 18.1 Å². The average molecular weight is 304 g/mol. The van der Waals surface area contributed by atoms with Crippen LogP contribution in [-0.2, 0) is 6.42 Å². The fraction of sp³-hybridized carbons (Fsp3) is 0.538. The van der Waals surface area contributed by atoms with E-state index < -0.39 is 0 Å². The topological polar surface area (TPSA) is 41.3 Å². The van der Waals surface area contributed by atoms with Gasteiger partial charge < -0.3 is 4.90 Å². The number of nitrogens with two attached hydrogens (primary N) is 1. The van der Waals surface area contributed by atoms with Gasteiger partial charge in [-0.1, -0.05) is 17.7 Å². The Morgan fingerprint density at radius 1 is 1.63 bits per heavy atom. The van der Waals surface area contributed by atoms with Crippen molar-refractivity contribution in [2.45, 2.75) is 18.5 Å². The molecule has 0 spiro atoms. The van der Waals surface area contributed by atoms with Crippen LogP contribution in [0.2, 0.25) is 5.02 Å². The van der Waals surface area contributed by atoms with Crippen molar-refractivity contribution in [3.63, 3.8) is 0 Å². The molecule has 0 saturated carbocycles. The molecule has 1 aliphatic rings. The largest absolute Gasteiger partial charge is 0.300 e. The molecule has 2 rings (SSSR count). The molecule has 0 radical (unpaired) electrons. The third-order valence-electron chi connectivity index (χ3n) is 3.61. The minimum atomic E-state index is -0.265. The van der Waals surface area contributed by atoms with Gasteiger partial charge >= 0.3 is 0 Å². The monoisotopic (exact) mass is 303 g/mol. The average Bonchev–Trinajstić information content (AvgIpc) is 2.40. The maximum absolute atomic E-state index is 13.8. The van der Waals surface area contributed by atoms with E-state index in [1.165, 1.54) is 6.07 Å². The number of benzene rings is 1. The van der Waals surface area contributed by atoms with E-state index in [0.29, 0.717) is 23.0 Å². The minimum Gasteiger partial charge on any atom is -0.300 e. The van der Waals surface area contributed by atoms with Gasteiger partial charge in [0.05, 0.1) is 0 Å². The molecule has 1 saturated heterocycles. The first-order valence-electron chi connectivity index (χ1n) is 6.30. The van der Waals surface area contributed by atoms with Crippen LogP contribution in [0.1, 0.15) is 5.56 Å². The Balaban J connectivity index is 2.14. The van der Waals surface area contributed by atoms with Crippen LogP contribution in [-0.4, -0.2) is 42.1 Å². The molecule has 1 aliphatic heterocycles. The molecule has 1 aromatic rings. The summed E-state index contributed by atoms with van der Waals surface area (Å²) in [5.41, 5.74) is 3.36. The summed E-state index contributed by atoms with van der Waals surface area (Å²) in [7, 11) is 2.08. The highest BCUT2D eigenvalue weighted by molar-refractivity contribution is 7.99. The molecule has 3 N–H and O–H groups in total. The van der Waals surface area contributed by atoms with Crippen LogP contribution in [0.4, 0.5) is 4.39 Å². The summed E-state index contributed by atoms with van der Waals surface area (Å²) < 4.78 is 13.8. The molecular formula is C13H19ClFN3S. The number of nitrogens with one attached hydrogen (secondary N) is 1. The first-order valence-corrected chi connectivity index (χ1v) is 7.83. The van der Waals surface area contributed by atoms with Gasteiger partial charge in [-0.2, -0.15) is 11.8 Å². The summed E-state index contributed by atoms with van der Waals surface area (Å²) in [4.78, 5) is 2.27. The second kappa shape index (κ2) is 6.90. The Hall–Kier alpha value is -0.330. The molecule has 0 aromatic heterocycles. The maximum Gasteiger partial charge on any atom is 0.127 e. The molecule has 2 atom stereocenters. The summed E-state index contributed by atoms with van der Waals surface area (Å²) in [5.74, 6) is 7.52. The van der Waals surface area contributed by atoms with Gasteiger partial charge in [0.15, 0.2) is 0 Å². The normalized spacial score (nSPS) is 22.4. The van der Waals surface area contributed by atoms with Gasteiger partial charge in [-0.25, -0.2) is 4.39 Å². The van der Waals surface area contributed by atoms with E-state index in [9.17, 15) is 4.39 Å². The quantitative estimate of drug-likeness (QED) is 0.658. The molecule has 6 heteroatoms. The molecule has 2 unspecified atom stereocenters. The fourth-order valence-electron chi connectivity index (χ4n) is 2.38. The van der Waals surface area contributed by atoms with E-state index in [2.05, 4.69) is 17.4 Å². The van der Waals surface area contributed by atoms with Crippen LogP contribution < -0.4 is 11.3 Å². The Morgan fingerprint density at radius 3 is 3.05 bits per heavy atom. The van der Waals surface area contributed by atoms with Crippen molar-refractivity contribution in [3.8, 4) is 0 Å². The van der Waals surface area contributed by atoms with Crippen molar-refractivity contribution in [2.24, 2.45) is 5.84 Å². The van der Waals surface area contributed by atoms with E-state index in [1.54, 1.807) is 12.1 Å². The second-order valence-electron chi connectivity index (χ2n) is 4.80. The predicted octanol–water partition coefficient (Wildman–Crippen LogP) is 1.90. The number of hydrazine groups is 1. The number of nitrogens with zero attached hydrogens (tertiary/aromatic N) is 1. The number of rotatable bonds is 4. The first-order chi connectivity index (χ1) is 9.13. The lowest BCUT2D eigenvalue weighted by atomic mass is 9.99. The predicted molar refractivity (Wildman–Crippen MR) is 80.0 cm³/mol. The van der Waals surface area contributed by atoms with Crippen LogP contribution in [0.25, 0.3) is 0 Å². The van der Waals surface area contributed by atoms with Crippen molar-refractivity contribution in [2.75, 3.05) is 25.1 Å². The SMILES string of the molecule is CN1CCSCC1C(Cc1c(F)cccc1Cl)NN. The van der Waals surface area contributed by atoms with Crippen LogP contribution >= 0.6 is 23.4 Å². The lowest BCUT2D eigenvalue weighted by Gasteiger charge is -2.37. The van der Waals surface area contributed by atoms with Gasteiger partial charge in [-0.15, -0.1) is 0 Å². The summed E-state index contributed by atoms with van der Waals surface area (Å²) in [6, 6.07) is 5.06. The van der Waals surface area contributed by atoms with Crippen molar-refractivity contribution in [1.29, 1.82) is 0 Å². The van der Waals surface area contributed by atoms with Crippen molar-refractivity contribution in [1.82, 2.24) is 10.3 Å². The minimum absolute atomic E-state index is 0.00722. The molecule has 0 aliphatic carbocycles. The number of likely N-dealkylation sites (N-methyl/N-ethyl adjacent to an activating group) is 1. The molecule has 0 amide bonds. The van der Waals surface area contributed by atoms with Gasteiger partial charge in [0.2, 0.25) is 0 Å². The highest BCUT2D eigenvalue weighted by Crippen LogP contribution is 2.24. The summed E-state index contributed by atoms with van der Waals surface area (Å²) in [6.45, 7) is 1.03. The molecule has 1 fully saturated rings. The van der Waals surface area contributed by atoms with Gasteiger partial charge in [-0.3, -0.25) is 11.3 Å². The Bertz CT molecular complexity index is 412. The second-order valence-corrected chi connectivity index (χ2v) is 6.36. The van der Waals surface area contributed by atoms with Gasteiger partial charge in [0.25, 0.3) is 0 Å². The van der Waals surface area contributed by atoms with Crippen molar-refractivity contribution >= 4 is 23.4 Å². The van der Waals surface area contributed by atoms with E-state index in [-0.39, 0.29) is 11.9 Å². The summed E-state index contributed by atoms with van der Waals surface area (Å²) in [6.07, 6.45) is 0.498. The zero-order valence-electron chi connectivity index (χ0n) is 10.9. The molecule has 1 heterocycles. The molecule has 3 nitrogen and oxygen atoms in total. The highest BCUT2D eigenvalue weighted by atomic mass is 35.5. The molecule has 0 bridgehead atoms. The maximum atomic E-state index is 13.8. The Morgan fingerprint density at radius 2 is 2.42 bits per heavy atom. The first kappa shape index (κ1) is 15.1.